The highest BCUT2D eigenvalue weighted by atomic mass is 79.9. The van der Waals surface area contributed by atoms with Gasteiger partial charge in [-0.3, -0.25) is 0 Å². The molecule has 0 aliphatic rings. The molecule has 0 saturated carbocycles. The molecule has 0 amide bonds. The number of hydrogen-bond acceptors (Lipinski definition) is 0. The Morgan fingerprint density at radius 3 is 1.23 bits per heavy atom. The molecular formula is C20H16Br2. The second-order valence-corrected chi connectivity index (χ2v) is 7.33. The quantitative estimate of drug-likeness (QED) is 0.416. The Labute approximate surface area is 148 Å². The van der Waals surface area contributed by atoms with E-state index in [9.17, 15) is 0 Å². The molecule has 0 heterocycles. The molecule has 22 heavy (non-hydrogen) atoms. The molecule has 0 aromatic heterocycles. The van der Waals surface area contributed by atoms with Crippen molar-refractivity contribution in [2.45, 2.75) is 13.8 Å². The maximum absolute atomic E-state index is 3.52. The van der Waals surface area contributed by atoms with Gasteiger partial charge < -0.3 is 0 Å². The number of hydrogen-bond donors (Lipinski definition) is 0. The summed E-state index contributed by atoms with van der Waals surface area (Å²) in [4.78, 5) is 0. The van der Waals surface area contributed by atoms with Crippen molar-refractivity contribution in [2.75, 3.05) is 0 Å². The average Bonchev–Trinajstić information content (AvgIpc) is 2.48. The van der Waals surface area contributed by atoms with Crippen LogP contribution in [-0.2, 0) is 0 Å². The lowest BCUT2D eigenvalue weighted by atomic mass is 9.96. The van der Waals surface area contributed by atoms with Crippen molar-refractivity contribution in [1.29, 1.82) is 0 Å². The smallest absolute Gasteiger partial charge is 0.0178 e. The minimum Gasteiger partial charge on any atom is -0.0538 e. The summed E-state index contributed by atoms with van der Waals surface area (Å²) in [6.07, 6.45) is 0. The molecule has 0 spiro atoms. The Kier molecular flexibility index (Phi) is 4.51. The van der Waals surface area contributed by atoms with E-state index < -0.39 is 0 Å². The Bertz CT molecular complexity index is 747. The van der Waals surface area contributed by atoms with Gasteiger partial charge in [-0.15, -0.1) is 0 Å². The molecule has 3 aromatic carbocycles. The van der Waals surface area contributed by atoms with Gasteiger partial charge in [-0.2, -0.15) is 0 Å². The standard InChI is InChI=1S/C20H16Br2/c1-13-11-17(21)7-9-19(13)15-3-5-16(6-4-15)20-10-8-18(22)12-14(20)2/h3-12H,1-2H3. The van der Waals surface area contributed by atoms with Crippen LogP contribution in [0.1, 0.15) is 11.1 Å². The molecule has 0 aliphatic heterocycles. The third kappa shape index (κ3) is 3.18. The summed E-state index contributed by atoms with van der Waals surface area (Å²) in [6, 6.07) is 21.6. The van der Waals surface area contributed by atoms with Crippen molar-refractivity contribution >= 4 is 31.9 Å². The van der Waals surface area contributed by atoms with Crippen molar-refractivity contribution in [3.05, 3.63) is 80.7 Å². The summed E-state index contributed by atoms with van der Waals surface area (Å²) in [5.41, 5.74) is 7.63. The topological polar surface area (TPSA) is 0 Å². The van der Waals surface area contributed by atoms with Crippen LogP contribution in [0.15, 0.2) is 69.6 Å². The zero-order chi connectivity index (χ0) is 15.7. The fourth-order valence-corrected chi connectivity index (χ4v) is 3.68. The summed E-state index contributed by atoms with van der Waals surface area (Å²) in [6.45, 7) is 4.29. The number of benzene rings is 3. The van der Waals surface area contributed by atoms with E-state index in [2.05, 4.69) is 106 Å². The van der Waals surface area contributed by atoms with E-state index in [1.165, 1.54) is 33.4 Å². The van der Waals surface area contributed by atoms with Gasteiger partial charge in [0.15, 0.2) is 0 Å². The number of aryl methyl sites for hydroxylation is 2. The van der Waals surface area contributed by atoms with Gasteiger partial charge in [0.2, 0.25) is 0 Å². The van der Waals surface area contributed by atoms with Gasteiger partial charge >= 0.3 is 0 Å². The second-order valence-electron chi connectivity index (χ2n) is 5.50. The van der Waals surface area contributed by atoms with Gasteiger partial charge in [0.25, 0.3) is 0 Å². The molecule has 0 atom stereocenters. The zero-order valence-electron chi connectivity index (χ0n) is 12.5. The van der Waals surface area contributed by atoms with Crippen LogP contribution in [0.25, 0.3) is 22.3 Å². The van der Waals surface area contributed by atoms with Crippen molar-refractivity contribution in [3.63, 3.8) is 0 Å². The number of rotatable bonds is 2. The van der Waals surface area contributed by atoms with Crippen LogP contribution >= 0.6 is 31.9 Å². The first-order valence-electron chi connectivity index (χ1n) is 7.18. The Morgan fingerprint density at radius 1 is 0.545 bits per heavy atom. The summed E-state index contributed by atoms with van der Waals surface area (Å²) < 4.78 is 2.24. The zero-order valence-corrected chi connectivity index (χ0v) is 15.7. The van der Waals surface area contributed by atoms with Crippen LogP contribution in [0.5, 0.6) is 0 Å². The SMILES string of the molecule is Cc1cc(Br)ccc1-c1ccc(-c2ccc(Br)cc2C)cc1. The van der Waals surface area contributed by atoms with Gasteiger partial charge in [-0.25, -0.2) is 0 Å². The minimum atomic E-state index is 1.12. The lowest BCUT2D eigenvalue weighted by Gasteiger charge is -2.10. The molecule has 0 N–H and O–H groups in total. The number of halogens is 2. The predicted molar refractivity (Wildman–Crippen MR) is 102 cm³/mol. The molecule has 0 saturated heterocycles. The fraction of sp³-hybridized carbons (Fsp3) is 0.100. The molecule has 2 heteroatoms. The summed E-state index contributed by atoms with van der Waals surface area (Å²) in [7, 11) is 0. The maximum Gasteiger partial charge on any atom is 0.0178 e. The normalized spacial score (nSPS) is 10.7. The first-order chi connectivity index (χ1) is 10.5. The van der Waals surface area contributed by atoms with Crippen LogP contribution in [0.3, 0.4) is 0 Å². The Balaban J connectivity index is 1.99. The molecule has 0 fully saturated rings. The molecule has 0 bridgehead atoms. The van der Waals surface area contributed by atoms with E-state index in [-0.39, 0.29) is 0 Å². The highest BCUT2D eigenvalue weighted by Crippen LogP contribution is 2.30. The molecular weight excluding hydrogens is 400 g/mol. The van der Waals surface area contributed by atoms with Crippen LogP contribution in [0.2, 0.25) is 0 Å². The van der Waals surface area contributed by atoms with Gasteiger partial charge in [0.05, 0.1) is 0 Å². The lowest BCUT2D eigenvalue weighted by molar-refractivity contribution is 1.42. The first kappa shape index (κ1) is 15.5. The van der Waals surface area contributed by atoms with Crippen LogP contribution in [-0.4, -0.2) is 0 Å². The second kappa shape index (κ2) is 6.39. The summed E-state index contributed by atoms with van der Waals surface area (Å²) in [5, 5.41) is 0. The van der Waals surface area contributed by atoms with E-state index in [4.69, 9.17) is 0 Å². The minimum absolute atomic E-state index is 1.12. The largest absolute Gasteiger partial charge is 0.0538 e. The van der Waals surface area contributed by atoms with E-state index >= 15 is 0 Å². The van der Waals surface area contributed by atoms with E-state index in [0.29, 0.717) is 0 Å². The van der Waals surface area contributed by atoms with Crippen LogP contribution in [0.4, 0.5) is 0 Å². The molecule has 3 rings (SSSR count). The first-order valence-corrected chi connectivity index (χ1v) is 8.76. The monoisotopic (exact) mass is 414 g/mol. The van der Waals surface area contributed by atoms with Gasteiger partial charge in [-0.05, 0) is 71.5 Å². The molecule has 110 valence electrons. The van der Waals surface area contributed by atoms with E-state index in [0.717, 1.165) is 8.95 Å². The van der Waals surface area contributed by atoms with E-state index in [1.807, 2.05) is 0 Å². The Hall–Kier alpha value is -1.38. The molecule has 3 aromatic rings. The summed E-state index contributed by atoms with van der Waals surface area (Å²) >= 11 is 7.04. The van der Waals surface area contributed by atoms with Gasteiger partial charge in [0, 0.05) is 8.95 Å². The van der Waals surface area contributed by atoms with Crippen LogP contribution in [0, 0.1) is 13.8 Å². The van der Waals surface area contributed by atoms with Crippen molar-refractivity contribution in [2.24, 2.45) is 0 Å². The molecule has 0 radical (unpaired) electrons. The molecule has 0 nitrogen and oxygen atoms in total. The molecule has 0 aliphatic carbocycles. The maximum atomic E-state index is 3.52. The van der Waals surface area contributed by atoms with Gasteiger partial charge in [0.1, 0.15) is 0 Å². The Morgan fingerprint density at radius 2 is 0.909 bits per heavy atom. The van der Waals surface area contributed by atoms with Crippen molar-refractivity contribution in [1.82, 2.24) is 0 Å². The van der Waals surface area contributed by atoms with Crippen LogP contribution < -0.4 is 0 Å². The highest BCUT2D eigenvalue weighted by Gasteiger charge is 2.05. The summed E-state index contributed by atoms with van der Waals surface area (Å²) in [5.74, 6) is 0. The molecule has 0 unspecified atom stereocenters. The third-order valence-electron chi connectivity index (χ3n) is 3.88. The van der Waals surface area contributed by atoms with Crippen molar-refractivity contribution < 1.29 is 0 Å². The lowest BCUT2D eigenvalue weighted by Crippen LogP contribution is -1.86. The van der Waals surface area contributed by atoms with Crippen molar-refractivity contribution in [3.8, 4) is 22.3 Å². The van der Waals surface area contributed by atoms with E-state index in [1.54, 1.807) is 0 Å². The van der Waals surface area contributed by atoms with Gasteiger partial charge in [-0.1, -0.05) is 68.3 Å². The predicted octanol–water partition coefficient (Wildman–Crippen LogP) is 7.16. The highest BCUT2D eigenvalue weighted by molar-refractivity contribution is 9.10. The fourth-order valence-electron chi connectivity index (χ4n) is 2.73. The third-order valence-corrected chi connectivity index (χ3v) is 4.87. The average molecular weight is 416 g/mol.